The third-order valence-electron chi connectivity index (χ3n) is 5.59. The predicted octanol–water partition coefficient (Wildman–Crippen LogP) is 2.25. The Labute approximate surface area is 148 Å². The number of carbonyl (C=O) groups excluding carboxylic acids is 1. The van der Waals surface area contributed by atoms with E-state index in [1.807, 2.05) is 35.9 Å². The molecule has 1 aromatic rings. The maximum Gasteiger partial charge on any atom is 0.317 e. The van der Waals surface area contributed by atoms with Gasteiger partial charge in [0.2, 0.25) is 0 Å². The fourth-order valence-electron chi connectivity index (χ4n) is 4.03. The molecule has 0 aromatic heterocycles. The average Bonchev–Trinajstić information content (AvgIpc) is 2.98. The van der Waals surface area contributed by atoms with Crippen LogP contribution in [0.3, 0.4) is 0 Å². The lowest BCUT2D eigenvalue weighted by Crippen LogP contribution is -2.56. The molecule has 0 bridgehead atoms. The van der Waals surface area contributed by atoms with Crippen molar-refractivity contribution in [1.29, 1.82) is 0 Å². The molecule has 3 rings (SSSR count). The molecule has 1 fully saturated rings. The van der Waals surface area contributed by atoms with Crippen LogP contribution in [0.15, 0.2) is 24.3 Å². The predicted molar refractivity (Wildman–Crippen MR) is 95.5 cm³/mol. The lowest BCUT2D eigenvalue weighted by atomic mass is 9.85. The number of carbonyl (C=O) groups is 2. The van der Waals surface area contributed by atoms with Gasteiger partial charge < -0.3 is 15.3 Å². The Morgan fingerprint density at radius 3 is 2.68 bits per heavy atom. The van der Waals surface area contributed by atoms with Crippen LogP contribution >= 0.6 is 0 Å². The number of likely N-dealkylation sites (N-methyl/N-ethyl adjacent to an activating group) is 1. The summed E-state index contributed by atoms with van der Waals surface area (Å²) in [6.45, 7) is 2.76. The third kappa shape index (κ3) is 3.79. The summed E-state index contributed by atoms with van der Waals surface area (Å²) in [5, 5.41) is 12.0. The van der Waals surface area contributed by atoms with Crippen LogP contribution < -0.4 is 5.32 Å². The van der Waals surface area contributed by atoms with Gasteiger partial charge in [-0.3, -0.25) is 9.69 Å². The number of benzene rings is 1. The Balaban J connectivity index is 1.50. The van der Waals surface area contributed by atoms with E-state index in [0.29, 0.717) is 0 Å². The molecular formula is C19H27N3O3. The normalized spacial score (nSPS) is 24.5. The zero-order chi connectivity index (χ0) is 18.0. The molecule has 6 heteroatoms. The molecule has 2 aliphatic carbocycles. The summed E-state index contributed by atoms with van der Waals surface area (Å²) in [5.41, 5.74) is 2.59. The minimum atomic E-state index is -0.797. The minimum absolute atomic E-state index is 0.0357. The standard InChI is InChI=1S/C19H27N3O3/c1-3-22(12-18(23)24)15-10-14(11-15)20-19(25)21(2)17-9-8-13-6-4-5-7-16(13)17/h4-7,14-15,17H,3,8-12H2,1-2H3,(H,20,25)(H,23,24). The van der Waals surface area contributed by atoms with Gasteiger partial charge in [-0.2, -0.15) is 0 Å². The molecule has 1 unspecified atom stereocenters. The fourth-order valence-corrected chi connectivity index (χ4v) is 4.03. The van der Waals surface area contributed by atoms with E-state index >= 15 is 0 Å². The molecular weight excluding hydrogens is 318 g/mol. The molecule has 1 aromatic carbocycles. The van der Waals surface area contributed by atoms with Crippen LogP contribution in [0, 0.1) is 0 Å². The molecule has 0 heterocycles. The van der Waals surface area contributed by atoms with Crippen molar-refractivity contribution in [3.63, 3.8) is 0 Å². The van der Waals surface area contributed by atoms with Gasteiger partial charge in [0.1, 0.15) is 0 Å². The Hall–Kier alpha value is -2.08. The van der Waals surface area contributed by atoms with Crippen molar-refractivity contribution in [3.05, 3.63) is 35.4 Å². The molecule has 1 atom stereocenters. The molecule has 0 radical (unpaired) electrons. The first-order valence-electron chi connectivity index (χ1n) is 9.06. The topological polar surface area (TPSA) is 72.9 Å². The number of urea groups is 1. The lowest BCUT2D eigenvalue weighted by molar-refractivity contribution is -0.139. The van der Waals surface area contributed by atoms with Crippen LogP contribution in [-0.2, 0) is 11.2 Å². The van der Waals surface area contributed by atoms with Gasteiger partial charge in [0, 0.05) is 19.1 Å². The van der Waals surface area contributed by atoms with Crippen molar-refractivity contribution < 1.29 is 14.7 Å². The van der Waals surface area contributed by atoms with E-state index < -0.39 is 5.97 Å². The first-order valence-corrected chi connectivity index (χ1v) is 9.06. The van der Waals surface area contributed by atoms with E-state index in [1.54, 1.807) is 0 Å². The number of nitrogens with one attached hydrogen (secondary N) is 1. The fraction of sp³-hybridized carbons (Fsp3) is 0.579. The van der Waals surface area contributed by atoms with Gasteiger partial charge in [0.05, 0.1) is 12.6 Å². The number of nitrogens with zero attached hydrogens (tertiary/aromatic N) is 2. The van der Waals surface area contributed by atoms with Crippen LogP contribution in [0.2, 0.25) is 0 Å². The van der Waals surface area contributed by atoms with Gasteiger partial charge in [-0.25, -0.2) is 4.79 Å². The first kappa shape index (κ1) is 17.7. The van der Waals surface area contributed by atoms with Gasteiger partial charge in [-0.15, -0.1) is 0 Å². The highest BCUT2D eigenvalue weighted by Gasteiger charge is 2.36. The average molecular weight is 345 g/mol. The summed E-state index contributed by atoms with van der Waals surface area (Å²) in [5.74, 6) is -0.797. The molecule has 0 spiro atoms. The second-order valence-electron chi connectivity index (χ2n) is 7.09. The van der Waals surface area contributed by atoms with E-state index in [9.17, 15) is 9.59 Å². The van der Waals surface area contributed by atoms with Gasteiger partial charge in [0.25, 0.3) is 0 Å². The smallest absolute Gasteiger partial charge is 0.317 e. The number of amides is 2. The second kappa shape index (κ2) is 7.44. The molecule has 0 saturated heterocycles. The summed E-state index contributed by atoms with van der Waals surface area (Å²) in [6, 6.07) is 8.83. The van der Waals surface area contributed by atoms with E-state index in [2.05, 4.69) is 17.4 Å². The van der Waals surface area contributed by atoms with E-state index in [1.165, 1.54) is 11.1 Å². The highest BCUT2D eigenvalue weighted by atomic mass is 16.4. The summed E-state index contributed by atoms with van der Waals surface area (Å²) in [7, 11) is 1.86. The molecule has 0 aliphatic heterocycles. The number of carboxylic acid groups (broad SMARTS) is 1. The van der Waals surface area contributed by atoms with Crippen LogP contribution in [0.5, 0.6) is 0 Å². The summed E-state index contributed by atoms with van der Waals surface area (Å²) in [6.07, 6.45) is 3.63. The van der Waals surface area contributed by atoms with Gasteiger partial charge >= 0.3 is 12.0 Å². The number of rotatable bonds is 6. The number of fused-ring (bicyclic) bond motifs is 1. The lowest BCUT2D eigenvalue weighted by Gasteiger charge is -2.43. The second-order valence-corrected chi connectivity index (χ2v) is 7.09. The maximum absolute atomic E-state index is 12.6. The summed E-state index contributed by atoms with van der Waals surface area (Å²) < 4.78 is 0. The molecule has 25 heavy (non-hydrogen) atoms. The Kier molecular flexibility index (Phi) is 5.27. The van der Waals surface area contributed by atoms with Crippen molar-refractivity contribution in [2.45, 2.75) is 50.7 Å². The molecule has 2 aliphatic rings. The molecule has 136 valence electrons. The zero-order valence-electron chi connectivity index (χ0n) is 14.9. The van der Waals surface area contributed by atoms with Gasteiger partial charge in [-0.1, -0.05) is 31.2 Å². The summed E-state index contributed by atoms with van der Waals surface area (Å²) >= 11 is 0. The quantitative estimate of drug-likeness (QED) is 0.829. The molecule has 2 amide bonds. The SMILES string of the molecule is CCN(CC(=O)O)C1CC(NC(=O)N(C)C2CCc3ccccc32)C1. The molecule has 6 nitrogen and oxygen atoms in total. The largest absolute Gasteiger partial charge is 0.480 e. The maximum atomic E-state index is 12.6. The van der Waals surface area contributed by atoms with Crippen LogP contribution in [0.4, 0.5) is 4.79 Å². The third-order valence-corrected chi connectivity index (χ3v) is 5.59. The molecule has 1 saturated carbocycles. The van der Waals surface area contributed by atoms with E-state index in [0.717, 1.165) is 32.2 Å². The van der Waals surface area contributed by atoms with Crippen LogP contribution in [0.1, 0.15) is 43.4 Å². The summed E-state index contributed by atoms with van der Waals surface area (Å²) in [4.78, 5) is 27.2. The Bertz CT molecular complexity index is 643. The van der Waals surface area contributed by atoms with E-state index in [4.69, 9.17) is 5.11 Å². The van der Waals surface area contributed by atoms with Crippen molar-refractivity contribution in [1.82, 2.24) is 15.1 Å². The van der Waals surface area contributed by atoms with Crippen molar-refractivity contribution in [2.24, 2.45) is 0 Å². The number of hydrogen-bond acceptors (Lipinski definition) is 3. The highest BCUT2D eigenvalue weighted by molar-refractivity contribution is 5.75. The number of carboxylic acids is 1. The monoisotopic (exact) mass is 345 g/mol. The van der Waals surface area contributed by atoms with Crippen LogP contribution in [-0.4, -0.2) is 59.1 Å². The first-order chi connectivity index (χ1) is 12.0. The van der Waals surface area contributed by atoms with Crippen LogP contribution in [0.25, 0.3) is 0 Å². The van der Waals surface area contributed by atoms with Gasteiger partial charge in [-0.05, 0) is 43.4 Å². The van der Waals surface area contributed by atoms with Crippen molar-refractivity contribution in [2.75, 3.05) is 20.1 Å². The van der Waals surface area contributed by atoms with Crippen molar-refractivity contribution in [3.8, 4) is 0 Å². The van der Waals surface area contributed by atoms with Gasteiger partial charge in [0.15, 0.2) is 0 Å². The zero-order valence-corrected chi connectivity index (χ0v) is 14.9. The minimum Gasteiger partial charge on any atom is -0.480 e. The van der Waals surface area contributed by atoms with Crippen molar-refractivity contribution >= 4 is 12.0 Å². The number of hydrogen-bond donors (Lipinski definition) is 2. The number of aryl methyl sites for hydroxylation is 1. The van der Waals surface area contributed by atoms with E-state index in [-0.39, 0.29) is 30.7 Å². The Morgan fingerprint density at radius 2 is 2.00 bits per heavy atom. The molecule has 2 N–H and O–H groups in total. The number of aliphatic carboxylic acids is 1. The highest BCUT2D eigenvalue weighted by Crippen LogP contribution is 2.35. The Morgan fingerprint density at radius 1 is 1.28 bits per heavy atom.